The second-order valence-corrected chi connectivity index (χ2v) is 7.40. The average molecular weight is 439 g/mol. The lowest BCUT2D eigenvalue weighted by Crippen LogP contribution is -2.16. The maximum absolute atomic E-state index is 13.2. The Labute approximate surface area is 138 Å². The molecule has 0 unspecified atom stereocenters. The van der Waals surface area contributed by atoms with Crippen LogP contribution in [-0.4, -0.2) is 20.4 Å². The van der Waals surface area contributed by atoms with Gasteiger partial charge in [0.1, 0.15) is 16.5 Å². The Morgan fingerprint density at radius 2 is 1.95 bits per heavy atom. The average Bonchev–Trinajstić information content (AvgIpc) is 2.42. The Hall–Kier alpha value is -1.19. The predicted molar refractivity (Wildman–Crippen MR) is 86.4 cm³/mol. The first-order valence-corrected chi connectivity index (χ1v) is 8.71. The molecule has 0 aliphatic rings. The van der Waals surface area contributed by atoms with Crippen LogP contribution in [0.15, 0.2) is 44.3 Å². The molecule has 0 saturated carbocycles. The van der Waals surface area contributed by atoms with Gasteiger partial charge in [0.2, 0.25) is 0 Å². The van der Waals surface area contributed by atoms with Gasteiger partial charge in [-0.25, -0.2) is 17.8 Å². The highest BCUT2D eigenvalue weighted by atomic mass is 79.9. The Bertz CT molecular complexity index is 784. The van der Waals surface area contributed by atoms with Gasteiger partial charge in [0.15, 0.2) is 0 Å². The molecule has 0 aliphatic heterocycles. The van der Waals surface area contributed by atoms with E-state index in [1.165, 1.54) is 24.4 Å². The van der Waals surface area contributed by atoms with Crippen molar-refractivity contribution in [2.75, 3.05) is 17.1 Å². The van der Waals surface area contributed by atoms with Crippen LogP contribution in [0.4, 0.5) is 15.9 Å². The van der Waals surface area contributed by atoms with Gasteiger partial charge in [-0.2, -0.15) is 0 Å². The van der Waals surface area contributed by atoms with E-state index < -0.39 is 15.8 Å². The summed E-state index contributed by atoms with van der Waals surface area (Å²) < 4.78 is 41.4. The quantitative estimate of drug-likeness (QED) is 0.765. The fraction of sp³-hybridized carbons (Fsp3) is 0.0833. The minimum Gasteiger partial charge on any atom is -0.372 e. The summed E-state index contributed by atoms with van der Waals surface area (Å²) in [5, 5.41) is 2.70. The summed E-state index contributed by atoms with van der Waals surface area (Å²) in [6.07, 6.45) is 1.48. The molecule has 1 heterocycles. The topological polar surface area (TPSA) is 71.1 Å². The van der Waals surface area contributed by atoms with E-state index in [4.69, 9.17) is 0 Å². The first-order valence-electron chi connectivity index (χ1n) is 5.64. The van der Waals surface area contributed by atoms with Crippen molar-refractivity contribution >= 4 is 53.4 Å². The number of hydrogen-bond donors (Lipinski definition) is 2. The standard InChI is InChI=1S/C12H10Br2FN3O2S/c1-16-12-11(4-7(13)6-17-12)21(19,20)18-10-5-8(15)2-3-9(10)14/h2-6,18H,1H3,(H,16,17). The SMILES string of the molecule is CNc1ncc(Br)cc1S(=O)(=O)Nc1cc(F)ccc1Br. The van der Waals surface area contributed by atoms with Gasteiger partial charge in [-0.05, 0) is 56.1 Å². The maximum atomic E-state index is 13.2. The molecule has 0 saturated heterocycles. The van der Waals surface area contributed by atoms with Crippen LogP contribution in [0.25, 0.3) is 0 Å². The molecule has 1 aromatic carbocycles. The molecule has 9 heteroatoms. The van der Waals surface area contributed by atoms with E-state index in [9.17, 15) is 12.8 Å². The second-order valence-electron chi connectivity index (χ2n) is 3.98. The molecule has 0 aliphatic carbocycles. The van der Waals surface area contributed by atoms with Crippen LogP contribution in [-0.2, 0) is 10.0 Å². The van der Waals surface area contributed by atoms with E-state index in [1.54, 1.807) is 7.05 Å². The second kappa shape index (κ2) is 6.29. The zero-order chi connectivity index (χ0) is 15.6. The minimum absolute atomic E-state index is 0.0458. The Kier molecular flexibility index (Phi) is 4.84. The normalized spacial score (nSPS) is 11.2. The molecule has 0 radical (unpaired) electrons. The van der Waals surface area contributed by atoms with E-state index in [0.717, 1.165) is 6.07 Å². The fourth-order valence-electron chi connectivity index (χ4n) is 1.59. The first kappa shape index (κ1) is 16.2. The van der Waals surface area contributed by atoms with Gasteiger partial charge in [-0.1, -0.05) is 0 Å². The van der Waals surface area contributed by atoms with Gasteiger partial charge < -0.3 is 5.32 Å². The predicted octanol–water partition coefficient (Wildman–Crippen LogP) is 3.59. The van der Waals surface area contributed by atoms with Gasteiger partial charge in [-0.15, -0.1) is 0 Å². The van der Waals surface area contributed by atoms with Gasteiger partial charge in [0.25, 0.3) is 10.0 Å². The van der Waals surface area contributed by atoms with Gasteiger partial charge in [0, 0.05) is 22.2 Å². The summed E-state index contributed by atoms with van der Waals surface area (Å²) in [6, 6.07) is 5.15. The Balaban J connectivity index is 2.48. The number of nitrogens with zero attached hydrogens (tertiary/aromatic N) is 1. The molecular formula is C12H10Br2FN3O2S. The van der Waals surface area contributed by atoms with E-state index in [1.807, 2.05) is 0 Å². The largest absolute Gasteiger partial charge is 0.372 e. The van der Waals surface area contributed by atoms with Crippen molar-refractivity contribution < 1.29 is 12.8 Å². The monoisotopic (exact) mass is 437 g/mol. The lowest BCUT2D eigenvalue weighted by Gasteiger charge is -2.12. The van der Waals surface area contributed by atoms with E-state index in [0.29, 0.717) is 8.95 Å². The molecular weight excluding hydrogens is 429 g/mol. The Morgan fingerprint density at radius 1 is 1.24 bits per heavy atom. The number of hydrogen-bond acceptors (Lipinski definition) is 4. The van der Waals surface area contributed by atoms with E-state index in [2.05, 4.69) is 46.9 Å². The summed E-state index contributed by atoms with van der Waals surface area (Å²) >= 11 is 6.35. The molecule has 0 atom stereocenters. The smallest absolute Gasteiger partial charge is 0.265 e. The van der Waals surface area contributed by atoms with Gasteiger partial charge >= 0.3 is 0 Å². The molecule has 0 bridgehead atoms. The third-order valence-corrected chi connectivity index (χ3v) is 5.02. The van der Waals surface area contributed by atoms with Crippen molar-refractivity contribution in [1.82, 2.24) is 4.98 Å². The summed E-state index contributed by atoms with van der Waals surface area (Å²) in [5.74, 6) is -0.352. The van der Waals surface area contributed by atoms with Crippen molar-refractivity contribution in [2.45, 2.75) is 4.90 Å². The molecule has 0 spiro atoms. The lowest BCUT2D eigenvalue weighted by atomic mass is 10.3. The molecule has 21 heavy (non-hydrogen) atoms. The summed E-state index contributed by atoms with van der Waals surface area (Å²) in [4.78, 5) is 3.94. The number of sulfonamides is 1. The molecule has 2 rings (SSSR count). The van der Waals surface area contributed by atoms with Crippen LogP contribution in [0.2, 0.25) is 0 Å². The third-order valence-electron chi connectivity index (χ3n) is 2.52. The zero-order valence-electron chi connectivity index (χ0n) is 10.7. The molecule has 5 nitrogen and oxygen atoms in total. The zero-order valence-corrected chi connectivity index (χ0v) is 14.7. The molecule has 112 valence electrons. The highest BCUT2D eigenvalue weighted by Gasteiger charge is 2.21. The van der Waals surface area contributed by atoms with Crippen molar-refractivity contribution in [1.29, 1.82) is 0 Å². The molecule has 0 fully saturated rings. The molecule has 0 amide bonds. The first-order chi connectivity index (χ1) is 9.83. The summed E-state index contributed by atoms with van der Waals surface area (Å²) in [7, 11) is -2.36. The summed E-state index contributed by atoms with van der Waals surface area (Å²) in [5.41, 5.74) is 0.108. The number of aromatic nitrogens is 1. The van der Waals surface area contributed by atoms with Crippen LogP contribution >= 0.6 is 31.9 Å². The number of anilines is 2. The lowest BCUT2D eigenvalue weighted by molar-refractivity contribution is 0.601. The van der Waals surface area contributed by atoms with E-state index in [-0.39, 0.29) is 16.4 Å². The van der Waals surface area contributed by atoms with Gasteiger partial charge in [-0.3, -0.25) is 4.72 Å². The fourth-order valence-corrected chi connectivity index (χ4v) is 3.81. The third kappa shape index (κ3) is 3.72. The van der Waals surface area contributed by atoms with Crippen LogP contribution in [0.5, 0.6) is 0 Å². The number of benzene rings is 1. The number of pyridine rings is 1. The molecule has 2 N–H and O–H groups in total. The van der Waals surface area contributed by atoms with Crippen LogP contribution in [0.3, 0.4) is 0 Å². The highest BCUT2D eigenvalue weighted by Crippen LogP contribution is 2.28. The number of rotatable bonds is 4. The van der Waals surface area contributed by atoms with Crippen molar-refractivity contribution in [3.8, 4) is 0 Å². The summed E-state index contributed by atoms with van der Waals surface area (Å²) in [6.45, 7) is 0. The molecule has 1 aromatic heterocycles. The highest BCUT2D eigenvalue weighted by molar-refractivity contribution is 9.10. The number of halogens is 3. The van der Waals surface area contributed by atoms with Gasteiger partial charge in [0.05, 0.1) is 5.69 Å². The van der Waals surface area contributed by atoms with E-state index >= 15 is 0 Å². The van der Waals surface area contributed by atoms with Crippen LogP contribution in [0, 0.1) is 5.82 Å². The molecule has 2 aromatic rings. The Morgan fingerprint density at radius 3 is 2.62 bits per heavy atom. The van der Waals surface area contributed by atoms with Crippen LogP contribution in [0.1, 0.15) is 0 Å². The minimum atomic E-state index is -3.92. The number of nitrogens with one attached hydrogen (secondary N) is 2. The van der Waals surface area contributed by atoms with Crippen molar-refractivity contribution in [3.05, 3.63) is 45.2 Å². The van der Waals surface area contributed by atoms with Crippen LogP contribution < -0.4 is 10.0 Å². The van der Waals surface area contributed by atoms with Crippen molar-refractivity contribution in [2.24, 2.45) is 0 Å². The maximum Gasteiger partial charge on any atom is 0.265 e. The van der Waals surface area contributed by atoms with Crippen molar-refractivity contribution in [3.63, 3.8) is 0 Å².